The Labute approximate surface area is 134 Å². The first-order chi connectivity index (χ1) is 11.3. The fourth-order valence-electron chi connectivity index (χ4n) is 2.93. The molecule has 23 heavy (non-hydrogen) atoms. The average molecular weight is 307 g/mol. The summed E-state index contributed by atoms with van der Waals surface area (Å²) in [6.07, 6.45) is 3.59. The first-order valence-corrected chi connectivity index (χ1v) is 7.72. The van der Waals surface area contributed by atoms with Gasteiger partial charge in [-0.1, -0.05) is 12.1 Å². The number of nitrogens with one attached hydrogen (secondary N) is 1. The topological polar surface area (TPSA) is 54.5 Å². The number of nitrogens with zero attached hydrogens (tertiary/aromatic N) is 2. The highest BCUT2D eigenvalue weighted by Gasteiger charge is 2.24. The number of anilines is 2. The number of amides is 1. The van der Waals surface area contributed by atoms with Crippen LogP contribution < -0.4 is 10.2 Å². The van der Waals surface area contributed by atoms with Crippen molar-refractivity contribution in [3.8, 4) is 0 Å². The molecule has 116 valence electrons. The minimum Gasteiger partial charge on any atom is -0.378 e. The van der Waals surface area contributed by atoms with Crippen molar-refractivity contribution in [2.24, 2.45) is 0 Å². The van der Waals surface area contributed by atoms with Gasteiger partial charge in [-0.3, -0.25) is 4.79 Å². The number of benzene rings is 1. The molecule has 2 aliphatic heterocycles. The summed E-state index contributed by atoms with van der Waals surface area (Å²) in [6, 6.07) is 12.0. The molecule has 4 rings (SSSR count). The number of fused-ring (bicyclic) bond motifs is 1. The van der Waals surface area contributed by atoms with E-state index in [1.165, 1.54) is 5.69 Å². The van der Waals surface area contributed by atoms with Crippen LogP contribution in [0.15, 0.2) is 42.6 Å². The van der Waals surface area contributed by atoms with E-state index in [4.69, 9.17) is 4.74 Å². The van der Waals surface area contributed by atoms with Gasteiger partial charge in [0.25, 0.3) is 5.91 Å². The Kier molecular flexibility index (Phi) is 3.55. The lowest BCUT2D eigenvalue weighted by atomic mass is 10.1. The first-order valence-electron chi connectivity index (χ1n) is 7.72. The summed E-state index contributed by atoms with van der Waals surface area (Å²) in [4.78, 5) is 18.6. The van der Waals surface area contributed by atoms with Gasteiger partial charge < -0.3 is 15.0 Å². The highest BCUT2D eigenvalue weighted by atomic mass is 16.5. The second-order valence-electron chi connectivity index (χ2n) is 5.60. The van der Waals surface area contributed by atoms with Gasteiger partial charge in [0.1, 0.15) is 5.82 Å². The molecule has 5 nitrogen and oxygen atoms in total. The fraction of sp³-hybridized carbons (Fsp3) is 0.222. The standard InChI is InChI=1S/C18H17N3O2/c22-18-16(15-2-1-7-19-17(15)20-18)12-13-3-5-14(6-4-13)21-8-10-23-11-9-21/h1-7,12H,8-11H2,(H,19,20,22)/b16-12-. The first kappa shape index (κ1) is 14.0. The van der Waals surface area contributed by atoms with E-state index in [2.05, 4.69) is 27.3 Å². The number of carbonyl (C=O) groups excluding carboxylic acids is 1. The fourth-order valence-corrected chi connectivity index (χ4v) is 2.93. The van der Waals surface area contributed by atoms with Crippen LogP contribution in [0.25, 0.3) is 11.6 Å². The monoisotopic (exact) mass is 307 g/mol. The number of ether oxygens (including phenoxy) is 1. The lowest BCUT2D eigenvalue weighted by Crippen LogP contribution is -2.36. The van der Waals surface area contributed by atoms with Crippen molar-refractivity contribution < 1.29 is 9.53 Å². The van der Waals surface area contributed by atoms with Crippen LogP contribution in [0.4, 0.5) is 11.5 Å². The van der Waals surface area contributed by atoms with Gasteiger partial charge in [-0.15, -0.1) is 0 Å². The van der Waals surface area contributed by atoms with Crippen LogP contribution in [-0.2, 0) is 9.53 Å². The van der Waals surface area contributed by atoms with Gasteiger partial charge >= 0.3 is 0 Å². The molecule has 0 saturated carbocycles. The normalized spacial score (nSPS) is 18.9. The highest BCUT2D eigenvalue weighted by Crippen LogP contribution is 2.31. The van der Waals surface area contributed by atoms with Crippen molar-refractivity contribution in [1.82, 2.24) is 4.98 Å². The Morgan fingerprint density at radius 2 is 1.91 bits per heavy atom. The summed E-state index contributed by atoms with van der Waals surface area (Å²) >= 11 is 0. The van der Waals surface area contributed by atoms with Crippen LogP contribution >= 0.6 is 0 Å². The largest absolute Gasteiger partial charge is 0.378 e. The van der Waals surface area contributed by atoms with E-state index in [1.807, 2.05) is 30.3 Å². The summed E-state index contributed by atoms with van der Waals surface area (Å²) in [7, 11) is 0. The molecular weight excluding hydrogens is 290 g/mol. The maximum absolute atomic E-state index is 12.1. The molecule has 1 N–H and O–H groups in total. The van der Waals surface area contributed by atoms with Crippen molar-refractivity contribution in [3.63, 3.8) is 0 Å². The molecule has 5 heteroatoms. The Balaban J connectivity index is 1.60. The molecule has 1 aromatic carbocycles. The molecule has 0 bridgehead atoms. The summed E-state index contributed by atoms with van der Waals surface area (Å²) in [6.45, 7) is 3.38. The quantitative estimate of drug-likeness (QED) is 0.866. The van der Waals surface area contributed by atoms with Gasteiger partial charge in [0.05, 0.1) is 18.8 Å². The molecule has 0 atom stereocenters. The number of morpholine rings is 1. The van der Waals surface area contributed by atoms with E-state index in [0.29, 0.717) is 11.4 Å². The Morgan fingerprint density at radius 3 is 2.70 bits per heavy atom. The molecule has 1 aromatic heterocycles. The van der Waals surface area contributed by atoms with Crippen molar-refractivity contribution in [2.45, 2.75) is 0 Å². The molecule has 0 spiro atoms. The van der Waals surface area contributed by atoms with E-state index >= 15 is 0 Å². The van der Waals surface area contributed by atoms with Gasteiger partial charge in [0.15, 0.2) is 0 Å². The van der Waals surface area contributed by atoms with E-state index in [0.717, 1.165) is 37.4 Å². The predicted octanol–water partition coefficient (Wildman–Crippen LogP) is 2.41. The van der Waals surface area contributed by atoms with Crippen molar-refractivity contribution in [3.05, 3.63) is 53.7 Å². The Bertz CT molecular complexity index is 762. The Hall–Kier alpha value is -2.66. The third kappa shape index (κ3) is 2.71. The maximum atomic E-state index is 12.1. The molecule has 0 unspecified atom stereocenters. The summed E-state index contributed by atoms with van der Waals surface area (Å²) in [5.41, 5.74) is 3.71. The lowest BCUT2D eigenvalue weighted by molar-refractivity contribution is -0.110. The maximum Gasteiger partial charge on any atom is 0.257 e. The van der Waals surface area contributed by atoms with Crippen LogP contribution in [0, 0.1) is 0 Å². The molecule has 1 saturated heterocycles. The van der Waals surface area contributed by atoms with Crippen LogP contribution in [-0.4, -0.2) is 37.2 Å². The van der Waals surface area contributed by atoms with Crippen molar-refractivity contribution in [1.29, 1.82) is 0 Å². The van der Waals surface area contributed by atoms with Crippen LogP contribution in [0.2, 0.25) is 0 Å². The van der Waals surface area contributed by atoms with E-state index < -0.39 is 0 Å². The summed E-state index contributed by atoms with van der Waals surface area (Å²) < 4.78 is 5.38. The minimum atomic E-state index is -0.101. The second-order valence-corrected chi connectivity index (χ2v) is 5.60. The minimum absolute atomic E-state index is 0.101. The number of hydrogen-bond donors (Lipinski definition) is 1. The third-order valence-corrected chi connectivity index (χ3v) is 4.15. The zero-order chi connectivity index (χ0) is 15.6. The van der Waals surface area contributed by atoms with Crippen molar-refractivity contribution in [2.75, 3.05) is 36.5 Å². The third-order valence-electron chi connectivity index (χ3n) is 4.15. The predicted molar refractivity (Wildman–Crippen MR) is 90.2 cm³/mol. The summed E-state index contributed by atoms with van der Waals surface area (Å²) in [5.74, 6) is 0.532. The number of carbonyl (C=O) groups is 1. The van der Waals surface area contributed by atoms with E-state index in [1.54, 1.807) is 6.20 Å². The van der Waals surface area contributed by atoms with Gasteiger partial charge in [-0.25, -0.2) is 4.98 Å². The molecule has 2 aliphatic rings. The van der Waals surface area contributed by atoms with Gasteiger partial charge in [0, 0.05) is 30.5 Å². The number of hydrogen-bond acceptors (Lipinski definition) is 4. The number of rotatable bonds is 2. The Morgan fingerprint density at radius 1 is 1.13 bits per heavy atom. The molecule has 1 amide bonds. The number of pyridine rings is 1. The average Bonchev–Trinajstić information content (AvgIpc) is 2.92. The van der Waals surface area contributed by atoms with E-state index in [9.17, 15) is 4.79 Å². The van der Waals surface area contributed by atoms with Gasteiger partial charge in [-0.05, 0) is 35.9 Å². The molecule has 3 heterocycles. The smallest absolute Gasteiger partial charge is 0.257 e. The van der Waals surface area contributed by atoms with Gasteiger partial charge in [0.2, 0.25) is 0 Å². The lowest BCUT2D eigenvalue weighted by Gasteiger charge is -2.28. The van der Waals surface area contributed by atoms with E-state index in [-0.39, 0.29) is 5.91 Å². The molecule has 2 aromatic rings. The summed E-state index contributed by atoms with van der Waals surface area (Å²) in [5, 5.41) is 2.79. The zero-order valence-electron chi connectivity index (χ0n) is 12.7. The highest BCUT2D eigenvalue weighted by molar-refractivity contribution is 6.34. The van der Waals surface area contributed by atoms with Crippen molar-refractivity contribution >= 4 is 29.1 Å². The SMILES string of the molecule is O=C1Nc2ncccc2/C1=C/c1ccc(N2CCOCC2)cc1. The molecule has 0 aliphatic carbocycles. The number of aromatic nitrogens is 1. The molecular formula is C18H17N3O2. The van der Waals surface area contributed by atoms with Crippen LogP contribution in [0.3, 0.4) is 0 Å². The zero-order valence-corrected chi connectivity index (χ0v) is 12.7. The van der Waals surface area contributed by atoms with Crippen LogP contribution in [0.1, 0.15) is 11.1 Å². The molecule has 0 radical (unpaired) electrons. The van der Waals surface area contributed by atoms with Crippen LogP contribution in [0.5, 0.6) is 0 Å². The second kappa shape index (κ2) is 5.85. The molecule has 1 fully saturated rings. The van der Waals surface area contributed by atoms with Gasteiger partial charge in [-0.2, -0.15) is 0 Å².